The summed E-state index contributed by atoms with van der Waals surface area (Å²) in [6.07, 6.45) is 0. The Bertz CT molecular complexity index is 1210. The molecule has 0 aliphatic heterocycles. The van der Waals surface area contributed by atoms with Crippen molar-refractivity contribution in [2.24, 2.45) is 0 Å². The molecular weight excluding hydrogens is 822 g/mol. The smallest absolute Gasteiger partial charge is 0.335 e. The molecule has 0 aliphatic carbocycles. The van der Waals surface area contributed by atoms with Crippen molar-refractivity contribution in [1.82, 2.24) is 0 Å². The number of rotatable bonds is 3. The Balaban J connectivity index is 0.000000263. The summed E-state index contributed by atoms with van der Waals surface area (Å²) in [6, 6.07) is 10.0. The third-order valence-electron chi connectivity index (χ3n) is 3.85. The summed E-state index contributed by atoms with van der Waals surface area (Å²) < 4.78 is 2.01. The maximum absolute atomic E-state index is 11.2. The van der Waals surface area contributed by atoms with Gasteiger partial charge >= 0.3 is 17.9 Å². The second-order valence-electron chi connectivity index (χ2n) is 6.44. The zero-order chi connectivity index (χ0) is 27.0. The van der Waals surface area contributed by atoms with Gasteiger partial charge in [0.2, 0.25) is 0 Å². The van der Waals surface area contributed by atoms with Gasteiger partial charge in [0.25, 0.3) is 0 Å². The van der Waals surface area contributed by atoms with Crippen LogP contribution < -0.4 is 15.3 Å². The van der Waals surface area contributed by atoms with Crippen LogP contribution in [0.4, 0.5) is 0 Å². The van der Waals surface area contributed by atoms with Gasteiger partial charge in [-0.05, 0) is 82.4 Å². The molecule has 0 amide bonds. The van der Waals surface area contributed by atoms with E-state index in [9.17, 15) is 29.7 Å². The average Bonchev–Trinajstić information content (AvgIpc) is 2.73. The van der Waals surface area contributed by atoms with Crippen molar-refractivity contribution in [3.8, 4) is 17.2 Å². The third-order valence-corrected chi connectivity index (χ3v) is 6.32. The normalized spacial score (nSPS) is 9.74. The summed E-state index contributed by atoms with van der Waals surface area (Å²) in [5, 5.41) is 58.8. The van der Waals surface area contributed by atoms with E-state index in [0.717, 1.165) is 9.13 Å². The lowest BCUT2D eigenvalue weighted by Crippen LogP contribution is -2.06. The van der Waals surface area contributed by atoms with E-state index in [1.807, 2.05) is 45.2 Å². The van der Waals surface area contributed by atoms with E-state index < -0.39 is 35.2 Å². The molecule has 13 heteroatoms. The first-order valence-electron chi connectivity index (χ1n) is 8.95. The topological polar surface area (TPSA) is 181 Å². The molecular formula is C22H13Br2I2O9-3. The SMILES string of the molecule is Cc1ccc(C(=O)O)c([O-])c1.O=C(O)c1cc(Br)cc(Br)c1[O-].O=C(O)c1cc(I)cc(I)c1[O-]. The van der Waals surface area contributed by atoms with Crippen molar-refractivity contribution < 1.29 is 45.0 Å². The van der Waals surface area contributed by atoms with Gasteiger partial charge in [-0.2, -0.15) is 0 Å². The van der Waals surface area contributed by atoms with Crippen LogP contribution in [0.3, 0.4) is 0 Å². The van der Waals surface area contributed by atoms with Crippen LogP contribution in [0.25, 0.3) is 0 Å². The Kier molecular flexibility index (Phi) is 12.2. The third kappa shape index (κ3) is 9.46. The van der Waals surface area contributed by atoms with E-state index in [1.54, 1.807) is 19.1 Å². The number of aryl methyl sites for hydroxylation is 1. The summed E-state index contributed by atoms with van der Waals surface area (Å²) in [6.45, 7) is 1.74. The fourth-order valence-electron chi connectivity index (χ4n) is 2.24. The minimum atomic E-state index is -1.22. The van der Waals surface area contributed by atoms with Crippen molar-refractivity contribution in [1.29, 1.82) is 0 Å². The van der Waals surface area contributed by atoms with Gasteiger partial charge in [-0.25, -0.2) is 14.4 Å². The standard InChI is InChI=1S/C8H8O3.C7H4Br2O3.C7H4I2O3/c1-5-2-3-6(8(10)11)7(9)4-5;2*8-3-1-4(7(11)12)6(10)5(9)2-3/h2-4,9H,1H3,(H,10,11);2*1-2,10H,(H,11,12)/p-3. The second-order valence-corrected chi connectivity index (χ2v) is 10.6. The Labute approximate surface area is 243 Å². The van der Waals surface area contributed by atoms with Crippen molar-refractivity contribution in [3.63, 3.8) is 0 Å². The fraction of sp³-hybridized carbons (Fsp3) is 0.0455. The highest BCUT2D eigenvalue weighted by molar-refractivity contribution is 14.1. The molecule has 0 fully saturated rings. The molecule has 35 heavy (non-hydrogen) atoms. The summed E-state index contributed by atoms with van der Waals surface area (Å²) in [4.78, 5) is 31.3. The van der Waals surface area contributed by atoms with E-state index in [0.29, 0.717) is 8.04 Å². The molecule has 3 N–H and O–H groups in total. The van der Waals surface area contributed by atoms with Gasteiger partial charge in [-0.3, -0.25) is 0 Å². The number of benzene rings is 3. The van der Waals surface area contributed by atoms with Gasteiger partial charge in [-0.1, -0.05) is 66.8 Å². The molecule has 0 spiro atoms. The second kappa shape index (κ2) is 13.8. The molecule has 0 radical (unpaired) electrons. The molecule has 0 atom stereocenters. The molecule has 0 aromatic heterocycles. The van der Waals surface area contributed by atoms with E-state index in [4.69, 9.17) is 15.3 Å². The molecule has 3 aromatic carbocycles. The Morgan fingerprint density at radius 3 is 1.74 bits per heavy atom. The van der Waals surface area contributed by atoms with Gasteiger partial charge in [0.15, 0.2) is 0 Å². The quantitative estimate of drug-likeness (QED) is 0.322. The first kappa shape index (κ1) is 30.9. The zero-order valence-electron chi connectivity index (χ0n) is 17.3. The van der Waals surface area contributed by atoms with Crippen molar-refractivity contribution in [3.05, 3.63) is 80.8 Å². The predicted octanol–water partition coefficient (Wildman–Crippen LogP) is 4.42. The highest BCUT2D eigenvalue weighted by Crippen LogP contribution is 2.29. The van der Waals surface area contributed by atoms with Crippen molar-refractivity contribution in [2.45, 2.75) is 6.92 Å². The average molecular weight is 835 g/mol. The van der Waals surface area contributed by atoms with Crippen LogP contribution in [0, 0.1) is 14.1 Å². The highest BCUT2D eigenvalue weighted by Gasteiger charge is 2.08. The molecule has 3 rings (SSSR count). The van der Waals surface area contributed by atoms with Crippen LogP contribution >= 0.6 is 77.0 Å². The molecule has 9 nitrogen and oxygen atoms in total. The monoisotopic (exact) mass is 833 g/mol. The van der Waals surface area contributed by atoms with E-state index in [1.165, 1.54) is 30.3 Å². The number of hydrogen-bond acceptors (Lipinski definition) is 6. The van der Waals surface area contributed by atoms with Crippen LogP contribution in [0.1, 0.15) is 36.6 Å². The Morgan fingerprint density at radius 1 is 0.743 bits per heavy atom. The minimum Gasteiger partial charge on any atom is -0.872 e. The first-order chi connectivity index (χ1) is 16.1. The zero-order valence-corrected chi connectivity index (χ0v) is 24.8. The number of hydrogen-bond donors (Lipinski definition) is 3. The van der Waals surface area contributed by atoms with Crippen LogP contribution in [0.5, 0.6) is 17.2 Å². The van der Waals surface area contributed by atoms with Crippen LogP contribution in [-0.4, -0.2) is 33.2 Å². The molecule has 0 heterocycles. The van der Waals surface area contributed by atoms with Crippen LogP contribution in [0.2, 0.25) is 0 Å². The van der Waals surface area contributed by atoms with Gasteiger partial charge < -0.3 is 30.6 Å². The lowest BCUT2D eigenvalue weighted by Gasteiger charge is -2.12. The van der Waals surface area contributed by atoms with Crippen LogP contribution in [-0.2, 0) is 0 Å². The molecule has 0 saturated carbocycles. The van der Waals surface area contributed by atoms with Gasteiger partial charge in [0, 0.05) is 16.1 Å². The van der Waals surface area contributed by atoms with E-state index >= 15 is 0 Å². The summed E-state index contributed by atoms with van der Waals surface area (Å²) in [5.41, 5.74) is 0.207. The van der Waals surface area contributed by atoms with Gasteiger partial charge in [-0.15, -0.1) is 0 Å². The van der Waals surface area contributed by atoms with Crippen molar-refractivity contribution in [2.75, 3.05) is 0 Å². The first-order valence-corrected chi connectivity index (χ1v) is 12.7. The lowest BCUT2D eigenvalue weighted by molar-refractivity contribution is -0.270. The molecule has 0 unspecified atom stereocenters. The number of carbonyl (C=O) groups is 3. The summed E-state index contributed by atoms with van der Waals surface area (Å²) in [7, 11) is 0. The summed E-state index contributed by atoms with van der Waals surface area (Å²) in [5.74, 6) is -4.92. The molecule has 186 valence electrons. The number of halogens is 4. The van der Waals surface area contributed by atoms with Gasteiger partial charge in [0.1, 0.15) is 0 Å². The fourth-order valence-corrected chi connectivity index (χ4v) is 5.31. The molecule has 0 aliphatic rings. The molecule has 0 bridgehead atoms. The molecule has 0 saturated heterocycles. The number of carboxylic acids is 3. The maximum atomic E-state index is 11.2. The number of carboxylic acid groups (broad SMARTS) is 3. The summed E-state index contributed by atoms with van der Waals surface area (Å²) >= 11 is 9.84. The Hall–Kier alpha value is -2.11. The van der Waals surface area contributed by atoms with Crippen LogP contribution in [0.15, 0.2) is 51.4 Å². The molecule has 3 aromatic rings. The van der Waals surface area contributed by atoms with E-state index in [2.05, 4.69) is 31.9 Å². The lowest BCUT2D eigenvalue weighted by atomic mass is 10.1. The van der Waals surface area contributed by atoms with Crippen molar-refractivity contribution >= 4 is 94.9 Å². The highest BCUT2D eigenvalue weighted by atomic mass is 127. The maximum Gasteiger partial charge on any atom is 0.335 e. The van der Waals surface area contributed by atoms with E-state index in [-0.39, 0.29) is 21.2 Å². The number of aromatic carboxylic acids is 3. The Morgan fingerprint density at radius 2 is 1.26 bits per heavy atom. The minimum absolute atomic E-state index is 0.161. The van der Waals surface area contributed by atoms with Gasteiger partial charge in [0.05, 0.1) is 16.7 Å². The largest absolute Gasteiger partial charge is 0.872 e. The predicted molar refractivity (Wildman–Crippen MR) is 144 cm³/mol.